The highest BCUT2D eigenvalue weighted by Gasteiger charge is 2.20. The summed E-state index contributed by atoms with van der Waals surface area (Å²) in [4.78, 5) is 17.0. The van der Waals surface area contributed by atoms with Gasteiger partial charge in [-0.2, -0.15) is 0 Å². The van der Waals surface area contributed by atoms with E-state index < -0.39 is 0 Å². The van der Waals surface area contributed by atoms with Crippen LogP contribution in [0, 0.1) is 0 Å². The maximum Gasteiger partial charge on any atom is 0.222 e. The average molecular weight is 312 g/mol. The second kappa shape index (κ2) is 11.9. The number of amides is 1. The van der Waals surface area contributed by atoms with Gasteiger partial charge in [-0.1, -0.05) is 20.8 Å². The van der Waals surface area contributed by atoms with E-state index in [1.807, 2.05) is 0 Å². The third kappa shape index (κ3) is 7.10. The minimum Gasteiger partial charge on any atom is -0.343 e. The summed E-state index contributed by atoms with van der Waals surface area (Å²) >= 11 is 0. The van der Waals surface area contributed by atoms with E-state index >= 15 is 0 Å². The van der Waals surface area contributed by atoms with Crippen molar-refractivity contribution in [3.05, 3.63) is 0 Å². The Morgan fingerprint density at radius 3 is 2.09 bits per heavy atom. The van der Waals surface area contributed by atoms with E-state index in [4.69, 9.17) is 0 Å². The fourth-order valence-electron chi connectivity index (χ4n) is 3.43. The van der Waals surface area contributed by atoms with Crippen molar-refractivity contribution in [1.29, 1.82) is 0 Å². The molecule has 1 fully saturated rings. The van der Waals surface area contributed by atoms with Crippen LogP contribution in [0.1, 0.15) is 65.7 Å². The first-order valence-electron chi connectivity index (χ1n) is 9.45. The van der Waals surface area contributed by atoms with Gasteiger partial charge in [-0.3, -0.25) is 4.79 Å². The fraction of sp³-hybridized carbons (Fsp3) is 0.944. The van der Waals surface area contributed by atoms with Gasteiger partial charge >= 0.3 is 0 Å². The van der Waals surface area contributed by atoms with Crippen LogP contribution >= 0.6 is 0 Å². The van der Waals surface area contributed by atoms with Crippen molar-refractivity contribution in [3.8, 4) is 0 Å². The van der Waals surface area contributed by atoms with E-state index in [1.165, 1.54) is 25.8 Å². The summed E-state index contributed by atoms with van der Waals surface area (Å²) in [6.07, 6.45) is 7.55. The molecule has 1 aliphatic rings. The van der Waals surface area contributed by atoms with Crippen LogP contribution in [0.15, 0.2) is 0 Å². The van der Waals surface area contributed by atoms with E-state index in [1.54, 1.807) is 0 Å². The van der Waals surface area contributed by atoms with Gasteiger partial charge in [-0.05, 0) is 64.7 Å². The fourth-order valence-corrected chi connectivity index (χ4v) is 3.43. The maximum atomic E-state index is 12.3. The van der Waals surface area contributed by atoms with Crippen molar-refractivity contribution < 1.29 is 4.79 Å². The van der Waals surface area contributed by atoms with Crippen molar-refractivity contribution in [1.82, 2.24) is 15.1 Å². The van der Waals surface area contributed by atoms with E-state index in [9.17, 15) is 4.79 Å². The second-order valence-electron chi connectivity index (χ2n) is 6.50. The highest BCUT2D eigenvalue weighted by molar-refractivity contribution is 5.76. The Kier molecular flexibility index (Phi) is 10.5. The van der Waals surface area contributed by atoms with Crippen LogP contribution in [-0.4, -0.2) is 61.0 Å². The standard InChI is InChI=1S/C18H37N3O/c1-4-13-20(17-9-11-19-12-10-17)16-7-8-18(22)21(14-5-2)15-6-3/h17,19H,4-16H2,1-3H3. The number of nitrogens with one attached hydrogen (secondary N) is 1. The number of carbonyl (C=O) groups excluding carboxylic acids is 1. The molecule has 0 aromatic rings. The van der Waals surface area contributed by atoms with Gasteiger partial charge in [0, 0.05) is 25.6 Å². The van der Waals surface area contributed by atoms with Crippen LogP contribution in [0.2, 0.25) is 0 Å². The Morgan fingerprint density at radius 2 is 1.55 bits per heavy atom. The maximum absolute atomic E-state index is 12.3. The predicted octanol–water partition coefficient (Wildman–Crippen LogP) is 2.88. The molecule has 0 saturated carbocycles. The SMILES string of the molecule is CCCN(CCC)C(=O)CCCN(CCC)C1CCNCC1. The first kappa shape index (κ1) is 19.4. The Balaban J connectivity index is 2.35. The Labute approximate surface area is 137 Å². The molecule has 1 aliphatic heterocycles. The molecule has 0 aliphatic carbocycles. The molecule has 4 nitrogen and oxygen atoms in total. The molecule has 0 aromatic heterocycles. The van der Waals surface area contributed by atoms with Crippen LogP contribution in [-0.2, 0) is 4.79 Å². The van der Waals surface area contributed by atoms with Crippen molar-refractivity contribution in [2.24, 2.45) is 0 Å². The normalized spacial score (nSPS) is 16.2. The molecule has 1 saturated heterocycles. The third-order valence-corrected chi connectivity index (χ3v) is 4.51. The van der Waals surface area contributed by atoms with Crippen molar-refractivity contribution in [3.63, 3.8) is 0 Å². The first-order valence-corrected chi connectivity index (χ1v) is 9.45. The molecule has 0 unspecified atom stereocenters. The molecule has 1 N–H and O–H groups in total. The van der Waals surface area contributed by atoms with E-state index in [0.717, 1.165) is 58.0 Å². The van der Waals surface area contributed by atoms with Gasteiger partial charge in [-0.15, -0.1) is 0 Å². The largest absolute Gasteiger partial charge is 0.343 e. The lowest BCUT2D eigenvalue weighted by atomic mass is 10.0. The minimum absolute atomic E-state index is 0.352. The molecule has 1 amide bonds. The number of nitrogens with zero attached hydrogens (tertiary/aromatic N) is 2. The summed E-state index contributed by atoms with van der Waals surface area (Å²) in [5.74, 6) is 0.352. The molecule has 0 bridgehead atoms. The molecule has 22 heavy (non-hydrogen) atoms. The Bertz CT molecular complexity index is 284. The number of hydrogen-bond acceptors (Lipinski definition) is 3. The van der Waals surface area contributed by atoms with Crippen LogP contribution in [0.25, 0.3) is 0 Å². The lowest BCUT2D eigenvalue weighted by molar-refractivity contribution is -0.131. The second-order valence-corrected chi connectivity index (χ2v) is 6.50. The lowest BCUT2D eigenvalue weighted by Gasteiger charge is -2.34. The smallest absolute Gasteiger partial charge is 0.222 e. The van der Waals surface area contributed by atoms with Gasteiger partial charge in [0.15, 0.2) is 0 Å². The van der Waals surface area contributed by atoms with E-state index in [2.05, 4.69) is 35.9 Å². The third-order valence-electron chi connectivity index (χ3n) is 4.51. The first-order chi connectivity index (χ1) is 10.7. The quantitative estimate of drug-likeness (QED) is 0.637. The van der Waals surface area contributed by atoms with Crippen LogP contribution in [0.5, 0.6) is 0 Å². The zero-order chi connectivity index (χ0) is 16.2. The lowest BCUT2D eigenvalue weighted by Crippen LogP contribution is -2.44. The summed E-state index contributed by atoms with van der Waals surface area (Å²) in [6, 6.07) is 0.721. The number of hydrogen-bond donors (Lipinski definition) is 1. The number of piperidine rings is 1. The molecule has 1 rings (SSSR count). The van der Waals surface area contributed by atoms with Gasteiger partial charge in [0.2, 0.25) is 5.91 Å². The molecule has 130 valence electrons. The molecule has 0 atom stereocenters. The highest BCUT2D eigenvalue weighted by atomic mass is 16.2. The highest BCUT2D eigenvalue weighted by Crippen LogP contribution is 2.14. The van der Waals surface area contributed by atoms with Crippen LogP contribution in [0.4, 0.5) is 0 Å². The topological polar surface area (TPSA) is 35.6 Å². The van der Waals surface area contributed by atoms with Crippen LogP contribution in [0.3, 0.4) is 0 Å². The van der Waals surface area contributed by atoms with Crippen LogP contribution < -0.4 is 5.32 Å². The van der Waals surface area contributed by atoms with E-state index in [0.29, 0.717) is 12.3 Å². The Hall–Kier alpha value is -0.610. The summed E-state index contributed by atoms with van der Waals surface area (Å²) in [5, 5.41) is 3.44. The van der Waals surface area contributed by atoms with Gasteiger partial charge in [0.05, 0.1) is 0 Å². The average Bonchev–Trinajstić information content (AvgIpc) is 2.54. The Morgan fingerprint density at radius 1 is 0.955 bits per heavy atom. The number of carbonyl (C=O) groups is 1. The molecule has 4 heteroatoms. The molecule has 1 heterocycles. The summed E-state index contributed by atoms with van der Waals surface area (Å²) in [7, 11) is 0. The van der Waals surface area contributed by atoms with Crippen molar-refractivity contribution in [2.75, 3.05) is 39.3 Å². The van der Waals surface area contributed by atoms with Gasteiger partial charge in [0.25, 0.3) is 0 Å². The predicted molar refractivity (Wildman–Crippen MR) is 94.2 cm³/mol. The van der Waals surface area contributed by atoms with E-state index in [-0.39, 0.29) is 0 Å². The number of rotatable bonds is 11. The molecule has 0 radical (unpaired) electrons. The minimum atomic E-state index is 0.352. The van der Waals surface area contributed by atoms with Gasteiger partial charge < -0.3 is 15.1 Å². The molecular weight excluding hydrogens is 274 g/mol. The molecule has 0 spiro atoms. The van der Waals surface area contributed by atoms with Gasteiger partial charge in [0.1, 0.15) is 0 Å². The summed E-state index contributed by atoms with van der Waals surface area (Å²) in [6.45, 7) is 12.9. The molecule has 0 aromatic carbocycles. The monoisotopic (exact) mass is 311 g/mol. The zero-order valence-electron chi connectivity index (χ0n) is 15.1. The summed E-state index contributed by atoms with van der Waals surface area (Å²) < 4.78 is 0. The van der Waals surface area contributed by atoms with Gasteiger partial charge in [-0.25, -0.2) is 0 Å². The van der Waals surface area contributed by atoms with Crippen molar-refractivity contribution >= 4 is 5.91 Å². The summed E-state index contributed by atoms with van der Waals surface area (Å²) in [5.41, 5.74) is 0. The zero-order valence-corrected chi connectivity index (χ0v) is 15.1. The molecular formula is C18H37N3O. The van der Waals surface area contributed by atoms with Crippen molar-refractivity contribution in [2.45, 2.75) is 71.8 Å².